The molecule has 0 fully saturated rings. The first-order valence-electron chi connectivity index (χ1n) is 14.7. The van der Waals surface area contributed by atoms with Gasteiger partial charge in [-0.1, -0.05) is 120 Å². The number of benzene rings is 2. The molecule has 2 aromatic rings. The molecule has 0 amide bonds. The van der Waals surface area contributed by atoms with Crippen molar-refractivity contribution in [3.8, 4) is 5.75 Å². The van der Waals surface area contributed by atoms with Gasteiger partial charge in [0.15, 0.2) is 6.54 Å². The largest absolute Gasteiger partial charge is 0.490 e. The van der Waals surface area contributed by atoms with E-state index in [2.05, 4.69) is 31.2 Å². The summed E-state index contributed by atoms with van der Waals surface area (Å²) < 4.78 is 11.7. The summed E-state index contributed by atoms with van der Waals surface area (Å²) in [4.78, 5) is 12.3. The van der Waals surface area contributed by atoms with Crippen molar-refractivity contribution < 1.29 is 18.8 Å². The van der Waals surface area contributed by atoms with E-state index < -0.39 is 0 Å². The monoisotopic (exact) mass is 510 g/mol. The van der Waals surface area contributed by atoms with Gasteiger partial charge in [0.25, 0.3) is 0 Å². The SMILES string of the molecule is CCCCCCCCCCCCCCc1ccc(OCCOC(=O)C[N+](C)(C)Cc2ccccc2)cc1. The minimum atomic E-state index is -0.192. The van der Waals surface area contributed by atoms with Crippen LogP contribution in [-0.4, -0.2) is 44.3 Å². The second-order valence-corrected chi connectivity index (χ2v) is 11.1. The predicted molar refractivity (Wildman–Crippen MR) is 155 cm³/mol. The maximum Gasteiger partial charge on any atom is 0.361 e. The standard InChI is InChI=1S/C33H52NO3/c1-4-5-6-7-8-9-10-11-12-13-14-16-19-30-22-24-32(25-23-30)36-26-27-37-33(35)29-34(2,3)28-31-20-17-15-18-21-31/h15,17-18,20-25H,4-14,16,19,26-29H2,1-3H3/q+1. The number of carbonyl (C=O) groups excluding carboxylic acids is 1. The van der Waals surface area contributed by atoms with Crippen LogP contribution in [0.1, 0.15) is 95.1 Å². The van der Waals surface area contributed by atoms with Crippen LogP contribution in [0.3, 0.4) is 0 Å². The van der Waals surface area contributed by atoms with Gasteiger partial charge < -0.3 is 14.0 Å². The van der Waals surface area contributed by atoms with Crippen LogP contribution in [0.15, 0.2) is 54.6 Å². The Morgan fingerprint density at radius 2 is 1.24 bits per heavy atom. The summed E-state index contributed by atoms with van der Waals surface area (Å²) in [6, 6.07) is 18.6. The molecule has 2 aromatic carbocycles. The topological polar surface area (TPSA) is 35.5 Å². The second-order valence-electron chi connectivity index (χ2n) is 11.1. The summed E-state index contributed by atoms with van der Waals surface area (Å²) >= 11 is 0. The van der Waals surface area contributed by atoms with Gasteiger partial charge in [-0.15, -0.1) is 0 Å². The summed E-state index contributed by atoms with van der Waals surface area (Å²) in [5.74, 6) is 0.636. The molecule has 0 unspecified atom stereocenters. The molecule has 0 saturated carbocycles. The van der Waals surface area contributed by atoms with Crippen molar-refractivity contribution in [2.75, 3.05) is 33.9 Å². The van der Waals surface area contributed by atoms with Gasteiger partial charge in [-0.25, -0.2) is 4.79 Å². The molecular formula is C33H52NO3+. The number of unbranched alkanes of at least 4 members (excludes halogenated alkanes) is 11. The minimum Gasteiger partial charge on any atom is -0.490 e. The number of hydrogen-bond acceptors (Lipinski definition) is 3. The predicted octanol–water partition coefficient (Wildman–Crippen LogP) is 8.13. The molecule has 0 saturated heterocycles. The smallest absolute Gasteiger partial charge is 0.361 e. The van der Waals surface area contributed by atoms with Crippen molar-refractivity contribution in [1.29, 1.82) is 0 Å². The average Bonchev–Trinajstić information content (AvgIpc) is 2.88. The highest BCUT2D eigenvalue weighted by Crippen LogP contribution is 2.16. The zero-order valence-corrected chi connectivity index (χ0v) is 23.9. The summed E-state index contributed by atoms with van der Waals surface area (Å²) in [5.41, 5.74) is 2.58. The minimum absolute atomic E-state index is 0.192. The van der Waals surface area contributed by atoms with Gasteiger partial charge in [0.2, 0.25) is 0 Å². The maximum atomic E-state index is 12.3. The molecule has 0 aromatic heterocycles. The fourth-order valence-electron chi connectivity index (χ4n) is 4.77. The van der Waals surface area contributed by atoms with Crippen LogP contribution in [0.5, 0.6) is 5.75 Å². The van der Waals surface area contributed by atoms with Crippen molar-refractivity contribution in [1.82, 2.24) is 0 Å². The van der Waals surface area contributed by atoms with Crippen molar-refractivity contribution in [2.45, 2.75) is 96.9 Å². The first-order chi connectivity index (χ1) is 18.0. The molecule has 0 atom stereocenters. The third kappa shape index (κ3) is 15.5. The molecule has 0 aliphatic heterocycles. The van der Waals surface area contributed by atoms with Crippen LogP contribution in [0.25, 0.3) is 0 Å². The summed E-state index contributed by atoms with van der Waals surface area (Å²) in [7, 11) is 4.09. The summed E-state index contributed by atoms with van der Waals surface area (Å²) in [5, 5.41) is 0. The summed E-state index contributed by atoms with van der Waals surface area (Å²) in [6.07, 6.45) is 17.7. The Morgan fingerprint density at radius 1 is 0.676 bits per heavy atom. The van der Waals surface area contributed by atoms with Gasteiger partial charge in [-0.3, -0.25) is 0 Å². The van der Waals surface area contributed by atoms with E-state index in [0.29, 0.717) is 17.6 Å². The van der Waals surface area contributed by atoms with E-state index in [0.717, 1.165) is 18.7 Å². The van der Waals surface area contributed by atoms with Gasteiger partial charge >= 0.3 is 5.97 Å². The first-order valence-corrected chi connectivity index (χ1v) is 14.7. The molecule has 2 rings (SSSR count). The molecule has 206 valence electrons. The molecule has 0 aliphatic carbocycles. The number of hydrogen-bond donors (Lipinski definition) is 0. The van der Waals surface area contributed by atoms with Crippen LogP contribution in [0.2, 0.25) is 0 Å². The molecular weight excluding hydrogens is 458 g/mol. The lowest BCUT2D eigenvalue weighted by Crippen LogP contribution is -2.43. The average molecular weight is 511 g/mol. The fourth-order valence-corrected chi connectivity index (χ4v) is 4.77. The molecule has 0 aliphatic rings. The van der Waals surface area contributed by atoms with Crippen LogP contribution >= 0.6 is 0 Å². The van der Waals surface area contributed by atoms with E-state index in [1.165, 1.54) is 88.2 Å². The third-order valence-corrected chi connectivity index (χ3v) is 6.87. The lowest BCUT2D eigenvalue weighted by Gasteiger charge is -2.28. The number of likely N-dealkylation sites (N-methyl/N-ethyl adjacent to an activating group) is 1. The van der Waals surface area contributed by atoms with E-state index in [1.807, 2.05) is 44.4 Å². The Balaban J connectivity index is 1.48. The van der Waals surface area contributed by atoms with E-state index in [4.69, 9.17) is 9.47 Å². The molecule has 37 heavy (non-hydrogen) atoms. The van der Waals surface area contributed by atoms with Crippen LogP contribution in [0.4, 0.5) is 0 Å². The molecule has 4 nitrogen and oxygen atoms in total. The number of carbonyl (C=O) groups is 1. The quantitative estimate of drug-likeness (QED) is 0.0966. The molecule has 0 radical (unpaired) electrons. The van der Waals surface area contributed by atoms with E-state index in [-0.39, 0.29) is 12.6 Å². The molecule has 0 spiro atoms. The van der Waals surface area contributed by atoms with Crippen molar-refractivity contribution in [3.63, 3.8) is 0 Å². The fraction of sp³-hybridized carbons (Fsp3) is 0.606. The second kappa shape index (κ2) is 18.8. The van der Waals surface area contributed by atoms with Crippen LogP contribution in [-0.2, 0) is 22.5 Å². The third-order valence-electron chi connectivity index (χ3n) is 6.87. The number of quaternary nitrogens is 1. The van der Waals surface area contributed by atoms with E-state index in [1.54, 1.807) is 0 Å². The zero-order valence-electron chi connectivity index (χ0n) is 23.9. The lowest BCUT2D eigenvalue weighted by molar-refractivity contribution is -0.896. The number of ether oxygens (including phenoxy) is 2. The maximum absolute atomic E-state index is 12.3. The van der Waals surface area contributed by atoms with Gasteiger partial charge in [-0.05, 0) is 30.5 Å². The van der Waals surface area contributed by atoms with Crippen LogP contribution < -0.4 is 4.74 Å². The summed E-state index contributed by atoms with van der Waals surface area (Å²) in [6.45, 7) is 4.05. The lowest BCUT2D eigenvalue weighted by atomic mass is 10.0. The Kier molecular flexibility index (Phi) is 15.7. The van der Waals surface area contributed by atoms with Crippen molar-refractivity contribution >= 4 is 5.97 Å². The van der Waals surface area contributed by atoms with Gasteiger partial charge in [-0.2, -0.15) is 0 Å². The zero-order chi connectivity index (χ0) is 26.6. The number of nitrogens with zero attached hydrogens (tertiary/aromatic N) is 1. The molecule has 0 heterocycles. The molecule has 0 bridgehead atoms. The first kappa shape index (κ1) is 30.9. The van der Waals surface area contributed by atoms with Crippen LogP contribution in [0, 0.1) is 0 Å². The molecule has 4 heteroatoms. The van der Waals surface area contributed by atoms with Gasteiger partial charge in [0, 0.05) is 5.56 Å². The highest BCUT2D eigenvalue weighted by molar-refractivity contribution is 5.70. The van der Waals surface area contributed by atoms with E-state index in [9.17, 15) is 4.79 Å². The van der Waals surface area contributed by atoms with Crippen molar-refractivity contribution in [2.24, 2.45) is 0 Å². The molecule has 0 N–H and O–H groups in total. The van der Waals surface area contributed by atoms with Gasteiger partial charge in [0.1, 0.15) is 25.5 Å². The number of aryl methyl sites for hydroxylation is 1. The number of rotatable bonds is 21. The Morgan fingerprint density at radius 3 is 1.84 bits per heavy atom. The Hall–Kier alpha value is -2.33. The Bertz CT molecular complexity index is 832. The van der Waals surface area contributed by atoms with E-state index >= 15 is 0 Å². The Labute approximate surface area is 227 Å². The highest BCUT2D eigenvalue weighted by atomic mass is 16.6. The van der Waals surface area contributed by atoms with Gasteiger partial charge in [0.05, 0.1) is 14.1 Å². The number of esters is 1. The van der Waals surface area contributed by atoms with Crippen molar-refractivity contribution in [3.05, 3.63) is 65.7 Å². The normalized spacial score (nSPS) is 11.4. The highest BCUT2D eigenvalue weighted by Gasteiger charge is 2.21.